The largest absolute Gasteiger partial charge is 0.370 e. The zero-order valence-electron chi connectivity index (χ0n) is 13.1. The molecule has 2 heterocycles. The zero-order valence-corrected chi connectivity index (χ0v) is 14.6. The van der Waals surface area contributed by atoms with Crippen molar-refractivity contribution in [3.63, 3.8) is 0 Å². The number of hydrogen-bond acceptors (Lipinski definition) is 3. The van der Waals surface area contributed by atoms with Gasteiger partial charge < -0.3 is 9.64 Å². The fraction of sp³-hybridized carbons (Fsp3) is 0.333. The van der Waals surface area contributed by atoms with Crippen LogP contribution in [-0.4, -0.2) is 35.5 Å². The first-order valence-corrected chi connectivity index (χ1v) is 8.63. The molecule has 0 unspecified atom stereocenters. The molecule has 0 spiro atoms. The number of aryl methyl sites for hydroxylation is 1. The molecule has 24 heavy (non-hydrogen) atoms. The fourth-order valence-corrected chi connectivity index (χ4v) is 3.04. The van der Waals surface area contributed by atoms with E-state index in [4.69, 9.17) is 27.9 Å². The Kier molecular flexibility index (Phi) is 5.72. The molecule has 1 atom stereocenters. The molecule has 6 heteroatoms. The quantitative estimate of drug-likeness (QED) is 0.825. The Bertz CT molecular complexity index is 709. The molecule has 0 N–H and O–H groups in total. The summed E-state index contributed by atoms with van der Waals surface area (Å²) in [7, 11) is 0. The van der Waals surface area contributed by atoms with Crippen molar-refractivity contribution >= 4 is 29.1 Å². The van der Waals surface area contributed by atoms with Crippen LogP contribution in [0, 0.1) is 0 Å². The van der Waals surface area contributed by atoms with Crippen LogP contribution in [0.25, 0.3) is 0 Å². The Balaban J connectivity index is 1.60. The zero-order chi connectivity index (χ0) is 16.9. The molecule has 0 saturated carbocycles. The van der Waals surface area contributed by atoms with Crippen LogP contribution in [0.2, 0.25) is 10.0 Å². The van der Waals surface area contributed by atoms with E-state index in [0.717, 1.165) is 11.3 Å². The molecule has 0 radical (unpaired) electrons. The number of pyridine rings is 1. The van der Waals surface area contributed by atoms with E-state index >= 15 is 0 Å². The summed E-state index contributed by atoms with van der Waals surface area (Å²) in [4.78, 5) is 18.6. The number of carbonyl (C=O) groups is 1. The van der Waals surface area contributed by atoms with Crippen LogP contribution in [0.4, 0.5) is 0 Å². The van der Waals surface area contributed by atoms with E-state index in [9.17, 15) is 4.79 Å². The van der Waals surface area contributed by atoms with E-state index in [0.29, 0.717) is 42.6 Å². The number of morpholine rings is 1. The van der Waals surface area contributed by atoms with E-state index in [1.807, 2.05) is 29.2 Å². The highest BCUT2D eigenvalue weighted by Crippen LogP contribution is 2.29. The lowest BCUT2D eigenvalue weighted by Crippen LogP contribution is -2.42. The molecule has 1 aliphatic rings. The molecule has 2 aromatic rings. The van der Waals surface area contributed by atoms with Gasteiger partial charge in [0.15, 0.2) is 0 Å². The highest BCUT2D eigenvalue weighted by molar-refractivity contribution is 6.42. The normalized spacial score (nSPS) is 17.8. The van der Waals surface area contributed by atoms with E-state index in [-0.39, 0.29) is 12.0 Å². The van der Waals surface area contributed by atoms with Crippen molar-refractivity contribution in [3.8, 4) is 0 Å². The van der Waals surface area contributed by atoms with Gasteiger partial charge in [0, 0.05) is 24.9 Å². The first-order valence-electron chi connectivity index (χ1n) is 7.88. The number of aromatic nitrogens is 1. The molecule has 1 aliphatic heterocycles. The van der Waals surface area contributed by atoms with Crippen LogP contribution in [0.15, 0.2) is 42.6 Å². The molecule has 1 aromatic carbocycles. The van der Waals surface area contributed by atoms with Gasteiger partial charge in [-0.1, -0.05) is 35.3 Å². The summed E-state index contributed by atoms with van der Waals surface area (Å²) in [5.41, 5.74) is 1.87. The average molecular weight is 365 g/mol. The predicted octanol–water partition coefficient (Wildman–Crippen LogP) is 3.92. The highest BCUT2D eigenvalue weighted by Gasteiger charge is 2.25. The number of amides is 1. The number of benzene rings is 1. The van der Waals surface area contributed by atoms with E-state index < -0.39 is 0 Å². The topological polar surface area (TPSA) is 42.4 Å². The van der Waals surface area contributed by atoms with E-state index in [1.54, 1.807) is 18.3 Å². The Labute approximate surface area is 151 Å². The average Bonchev–Trinajstić information content (AvgIpc) is 2.63. The summed E-state index contributed by atoms with van der Waals surface area (Å²) >= 11 is 12.0. The van der Waals surface area contributed by atoms with Crippen molar-refractivity contribution in [2.24, 2.45) is 0 Å². The lowest BCUT2D eigenvalue weighted by molar-refractivity contribution is -0.139. The molecular formula is C18H18Cl2N2O2. The van der Waals surface area contributed by atoms with Gasteiger partial charge >= 0.3 is 0 Å². The van der Waals surface area contributed by atoms with Gasteiger partial charge in [0.1, 0.15) is 6.10 Å². The molecule has 126 valence electrons. The van der Waals surface area contributed by atoms with Crippen LogP contribution in [-0.2, 0) is 16.0 Å². The van der Waals surface area contributed by atoms with Crippen LogP contribution >= 0.6 is 23.2 Å². The fourth-order valence-electron chi connectivity index (χ4n) is 2.73. The molecule has 1 aromatic heterocycles. The second kappa shape index (κ2) is 7.97. The van der Waals surface area contributed by atoms with Crippen molar-refractivity contribution in [1.82, 2.24) is 9.88 Å². The lowest BCUT2D eigenvalue weighted by Gasteiger charge is -2.33. The second-order valence-electron chi connectivity index (χ2n) is 5.69. The van der Waals surface area contributed by atoms with Crippen molar-refractivity contribution in [2.45, 2.75) is 18.9 Å². The Hall–Kier alpha value is -1.62. The summed E-state index contributed by atoms with van der Waals surface area (Å²) in [6.45, 7) is 1.65. The summed E-state index contributed by atoms with van der Waals surface area (Å²) in [5.74, 6) is 0.119. The Morgan fingerprint density at radius 1 is 1.25 bits per heavy atom. The lowest BCUT2D eigenvalue weighted by atomic mass is 10.1. The van der Waals surface area contributed by atoms with Gasteiger partial charge in [0.2, 0.25) is 5.91 Å². The minimum Gasteiger partial charge on any atom is -0.370 e. The van der Waals surface area contributed by atoms with Gasteiger partial charge in [-0.3, -0.25) is 9.78 Å². The third kappa shape index (κ3) is 4.26. The van der Waals surface area contributed by atoms with Crippen LogP contribution < -0.4 is 0 Å². The SMILES string of the molecule is O=C(CCc1ccccn1)N1CCO[C@H](c2ccc(Cl)c(Cl)c2)C1. The Morgan fingerprint density at radius 3 is 2.88 bits per heavy atom. The van der Waals surface area contributed by atoms with E-state index in [2.05, 4.69) is 4.98 Å². The minimum absolute atomic E-state index is 0.119. The second-order valence-corrected chi connectivity index (χ2v) is 6.51. The van der Waals surface area contributed by atoms with Crippen molar-refractivity contribution in [3.05, 3.63) is 63.9 Å². The number of nitrogens with zero attached hydrogens (tertiary/aromatic N) is 2. The van der Waals surface area contributed by atoms with Crippen LogP contribution in [0.5, 0.6) is 0 Å². The third-order valence-electron chi connectivity index (χ3n) is 4.06. The van der Waals surface area contributed by atoms with E-state index in [1.165, 1.54) is 0 Å². The van der Waals surface area contributed by atoms with Gasteiger partial charge in [-0.25, -0.2) is 0 Å². The van der Waals surface area contributed by atoms with Gasteiger partial charge in [-0.2, -0.15) is 0 Å². The molecule has 3 rings (SSSR count). The minimum atomic E-state index is -0.174. The maximum Gasteiger partial charge on any atom is 0.223 e. The molecule has 0 bridgehead atoms. The number of rotatable bonds is 4. The van der Waals surface area contributed by atoms with Crippen LogP contribution in [0.3, 0.4) is 0 Å². The number of halogens is 2. The van der Waals surface area contributed by atoms with Gasteiger partial charge in [0.05, 0.1) is 23.2 Å². The standard InChI is InChI=1S/C18H18Cl2N2O2/c19-15-6-4-13(11-16(15)20)17-12-22(9-10-24-17)18(23)7-5-14-3-1-2-8-21-14/h1-4,6,8,11,17H,5,7,9-10,12H2/t17-/m0/s1. The maximum atomic E-state index is 12.5. The van der Waals surface area contributed by atoms with Gasteiger partial charge in [0.25, 0.3) is 0 Å². The molecule has 0 aliphatic carbocycles. The Morgan fingerprint density at radius 2 is 2.12 bits per heavy atom. The summed E-state index contributed by atoms with van der Waals surface area (Å²) in [5, 5.41) is 1.01. The molecular weight excluding hydrogens is 347 g/mol. The highest BCUT2D eigenvalue weighted by atomic mass is 35.5. The van der Waals surface area contributed by atoms with Crippen molar-refractivity contribution in [2.75, 3.05) is 19.7 Å². The van der Waals surface area contributed by atoms with Crippen LogP contribution in [0.1, 0.15) is 23.8 Å². The first-order chi connectivity index (χ1) is 11.6. The summed E-state index contributed by atoms with van der Waals surface area (Å²) in [6.07, 6.45) is 2.67. The number of carbonyl (C=O) groups excluding carboxylic acids is 1. The monoisotopic (exact) mass is 364 g/mol. The molecule has 1 fully saturated rings. The summed E-state index contributed by atoms with van der Waals surface area (Å²) in [6, 6.07) is 11.2. The predicted molar refractivity (Wildman–Crippen MR) is 94.3 cm³/mol. The molecule has 1 saturated heterocycles. The third-order valence-corrected chi connectivity index (χ3v) is 4.79. The smallest absolute Gasteiger partial charge is 0.223 e. The summed E-state index contributed by atoms with van der Waals surface area (Å²) < 4.78 is 5.79. The molecule has 1 amide bonds. The van der Waals surface area contributed by atoms with Gasteiger partial charge in [-0.15, -0.1) is 0 Å². The number of hydrogen-bond donors (Lipinski definition) is 0. The first kappa shape index (κ1) is 17.2. The van der Waals surface area contributed by atoms with Gasteiger partial charge in [-0.05, 0) is 36.2 Å². The number of ether oxygens (including phenoxy) is 1. The van der Waals surface area contributed by atoms with Crippen molar-refractivity contribution in [1.29, 1.82) is 0 Å². The molecule has 4 nitrogen and oxygen atoms in total. The maximum absolute atomic E-state index is 12.5. The van der Waals surface area contributed by atoms with Crippen molar-refractivity contribution < 1.29 is 9.53 Å².